The number of rotatable bonds is 8. The third-order valence-corrected chi connectivity index (χ3v) is 4.93. The Kier molecular flexibility index (Phi) is 7.20. The lowest BCUT2D eigenvalue weighted by Crippen LogP contribution is -2.20. The molecule has 1 amide bonds. The maximum Gasteiger partial charge on any atom is 0.262 e. The molecule has 0 aliphatic rings. The zero-order chi connectivity index (χ0) is 21.5. The highest BCUT2D eigenvalue weighted by molar-refractivity contribution is 6.33. The van der Waals surface area contributed by atoms with Crippen molar-refractivity contribution in [3.05, 3.63) is 82.4 Å². The molecule has 0 saturated carbocycles. The van der Waals surface area contributed by atoms with Crippen LogP contribution in [0.5, 0.6) is 11.5 Å². The van der Waals surface area contributed by atoms with Gasteiger partial charge in [-0.05, 0) is 55.3 Å². The van der Waals surface area contributed by atoms with Crippen molar-refractivity contribution in [2.24, 2.45) is 0 Å². The summed E-state index contributed by atoms with van der Waals surface area (Å²) < 4.78 is 11.1. The molecule has 156 valence electrons. The van der Waals surface area contributed by atoms with E-state index in [1.807, 2.05) is 68.4 Å². The zero-order valence-electron chi connectivity index (χ0n) is 17.3. The third kappa shape index (κ3) is 5.67. The lowest BCUT2D eigenvalue weighted by molar-refractivity contribution is -0.118. The van der Waals surface area contributed by atoms with Crippen LogP contribution in [0.4, 0.5) is 11.4 Å². The molecule has 3 aromatic carbocycles. The average Bonchev–Trinajstić information content (AvgIpc) is 2.74. The number of methoxy groups -OCH3 is 1. The number of para-hydroxylation sites is 1. The van der Waals surface area contributed by atoms with Gasteiger partial charge in [0.25, 0.3) is 5.91 Å². The second kappa shape index (κ2) is 10.0. The highest BCUT2D eigenvalue weighted by Crippen LogP contribution is 2.29. The number of hydrogen-bond acceptors (Lipinski definition) is 4. The monoisotopic (exact) mass is 424 g/mol. The van der Waals surface area contributed by atoms with Crippen LogP contribution in [0.25, 0.3) is 0 Å². The van der Waals surface area contributed by atoms with E-state index >= 15 is 0 Å². The van der Waals surface area contributed by atoms with Gasteiger partial charge >= 0.3 is 0 Å². The second-order valence-corrected chi connectivity index (χ2v) is 7.38. The molecule has 0 aromatic heterocycles. The molecule has 0 heterocycles. The average molecular weight is 425 g/mol. The van der Waals surface area contributed by atoms with E-state index in [-0.39, 0.29) is 12.5 Å². The van der Waals surface area contributed by atoms with E-state index in [0.717, 1.165) is 28.1 Å². The molecule has 30 heavy (non-hydrogen) atoms. The largest absolute Gasteiger partial charge is 0.493 e. The van der Waals surface area contributed by atoms with Crippen LogP contribution in [0.15, 0.2) is 60.7 Å². The summed E-state index contributed by atoms with van der Waals surface area (Å²) in [5, 5.41) is 6.83. The molecule has 3 rings (SSSR count). The molecule has 0 fully saturated rings. The Labute approximate surface area is 182 Å². The third-order valence-electron chi connectivity index (χ3n) is 4.60. The Bertz CT molecular complexity index is 1040. The van der Waals surface area contributed by atoms with E-state index in [2.05, 4.69) is 10.6 Å². The predicted octanol–water partition coefficient (Wildman–Crippen LogP) is 5.60. The van der Waals surface area contributed by atoms with E-state index in [1.54, 1.807) is 13.2 Å². The summed E-state index contributed by atoms with van der Waals surface area (Å²) >= 11 is 6.18. The van der Waals surface area contributed by atoms with Gasteiger partial charge in [0, 0.05) is 12.2 Å². The van der Waals surface area contributed by atoms with Crippen molar-refractivity contribution in [3.8, 4) is 11.5 Å². The molecular weight excluding hydrogens is 400 g/mol. The predicted molar refractivity (Wildman–Crippen MR) is 122 cm³/mol. The van der Waals surface area contributed by atoms with Gasteiger partial charge in [-0.15, -0.1) is 0 Å². The minimum absolute atomic E-state index is 0.110. The first-order chi connectivity index (χ1) is 14.5. The van der Waals surface area contributed by atoms with Crippen molar-refractivity contribution in [3.63, 3.8) is 0 Å². The van der Waals surface area contributed by atoms with E-state index < -0.39 is 0 Å². The maximum absolute atomic E-state index is 12.3. The SMILES string of the molecule is COc1cc(CNc2ccccc2Cl)ccc1OCC(=O)Nc1ccc(C)cc1C. The van der Waals surface area contributed by atoms with Crippen LogP contribution in [0.1, 0.15) is 16.7 Å². The number of nitrogens with one attached hydrogen (secondary N) is 2. The Morgan fingerprint density at radius 3 is 2.50 bits per heavy atom. The van der Waals surface area contributed by atoms with E-state index in [9.17, 15) is 4.79 Å². The minimum Gasteiger partial charge on any atom is -0.493 e. The molecule has 0 radical (unpaired) electrons. The summed E-state index contributed by atoms with van der Waals surface area (Å²) in [5.74, 6) is 0.844. The number of anilines is 2. The van der Waals surface area contributed by atoms with Crippen LogP contribution in [0.3, 0.4) is 0 Å². The molecule has 6 heteroatoms. The Balaban J connectivity index is 1.59. The Morgan fingerprint density at radius 1 is 0.967 bits per heavy atom. The van der Waals surface area contributed by atoms with Crippen LogP contribution in [-0.4, -0.2) is 19.6 Å². The molecule has 0 atom stereocenters. The number of carbonyl (C=O) groups excluding carboxylic acids is 1. The van der Waals surface area contributed by atoms with Crippen LogP contribution >= 0.6 is 11.6 Å². The van der Waals surface area contributed by atoms with Gasteiger partial charge in [-0.25, -0.2) is 0 Å². The number of carbonyl (C=O) groups is 1. The Hall–Kier alpha value is -3.18. The lowest BCUT2D eigenvalue weighted by Gasteiger charge is -2.14. The summed E-state index contributed by atoms with van der Waals surface area (Å²) in [6.07, 6.45) is 0. The molecular formula is C24H25ClN2O3. The summed E-state index contributed by atoms with van der Waals surface area (Å²) in [4.78, 5) is 12.3. The molecule has 0 spiro atoms. The molecule has 5 nitrogen and oxygen atoms in total. The van der Waals surface area contributed by atoms with E-state index in [1.165, 1.54) is 0 Å². The highest BCUT2D eigenvalue weighted by atomic mass is 35.5. The van der Waals surface area contributed by atoms with Crippen molar-refractivity contribution in [1.29, 1.82) is 0 Å². The molecule has 0 aliphatic heterocycles. The maximum atomic E-state index is 12.3. The minimum atomic E-state index is -0.228. The van der Waals surface area contributed by atoms with Gasteiger partial charge in [-0.3, -0.25) is 4.79 Å². The van der Waals surface area contributed by atoms with Gasteiger partial charge in [-0.1, -0.05) is 47.5 Å². The van der Waals surface area contributed by atoms with Gasteiger partial charge in [0.1, 0.15) is 0 Å². The Morgan fingerprint density at radius 2 is 1.77 bits per heavy atom. The van der Waals surface area contributed by atoms with Crippen molar-refractivity contribution in [1.82, 2.24) is 0 Å². The first-order valence-electron chi connectivity index (χ1n) is 9.61. The van der Waals surface area contributed by atoms with Gasteiger partial charge < -0.3 is 20.1 Å². The van der Waals surface area contributed by atoms with Gasteiger partial charge in [0.15, 0.2) is 18.1 Å². The van der Waals surface area contributed by atoms with Crippen LogP contribution in [-0.2, 0) is 11.3 Å². The summed E-state index contributed by atoms with van der Waals surface area (Å²) in [5.41, 5.74) is 4.80. The smallest absolute Gasteiger partial charge is 0.262 e. The number of halogens is 1. The van der Waals surface area contributed by atoms with Crippen LogP contribution < -0.4 is 20.1 Å². The first kappa shape index (κ1) is 21.5. The fraction of sp³-hybridized carbons (Fsp3) is 0.208. The number of aryl methyl sites for hydroxylation is 2. The number of benzene rings is 3. The normalized spacial score (nSPS) is 10.4. The fourth-order valence-corrected chi connectivity index (χ4v) is 3.23. The van der Waals surface area contributed by atoms with E-state index in [4.69, 9.17) is 21.1 Å². The fourth-order valence-electron chi connectivity index (χ4n) is 3.03. The number of hydrogen-bond donors (Lipinski definition) is 2. The van der Waals surface area contributed by atoms with Crippen molar-refractivity contribution in [2.75, 3.05) is 24.4 Å². The summed E-state index contributed by atoms with van der Waals surface area (Å²) in [6, 6.07) is 19.0. The van der Waals surface area contributed by atoms with Crippen LogP contribution in [0.2, 0.25) is 5.02 Å². The highest BCUT2D eigenvalue weighted by Gasteiger charge is 2.10. The molecule has 0 bridgehead atoms. The number of amides is 1. The summed E-state index contributed by atoms with van der Waals surface area (Å²) in [7, 11) is 1.57. The van der Waals surface area contributed by atoms with Gasteiger partial charge in [0.2, 0.25) is 0 Å². The van der Waals surface area contributed by atoms with Gasteiger partial charge in [0.05, 0.1) is 17.8 Å². The molecule has 2 N–H and O–H groups in total. The lowest BCUT2D eigenvalue weighted by atomic mass is 10.1. The summed E-state index contributed by atoms with van der Waals surface area (Å²) in [6.45, 7) is 4.44. The van der Waals surface area contributed by atoms with E-state index in [0.29, 0.717) is 23.1 Å². The molecule has 0 unspecified atom stereocenters. The topological polar surface area (TPSA) is 59.6 Å². The number of ether oxygens (including phenoxy) is 2. The van der Waals surface area contributed by atoms with Crippen molar-refractivity contribution >= 4 is 28.9 Å². The second-order valence-electron chi connectivity index (χ2n) is 6.97. The molecule has 0 saturated heterocycles. The zero-order valence-corrected chi connectivity index (χ0v) is 18.0. The van der Waals surface area contributed by atoms with Crippen molar-refractivity contribution < 1.29 is 14.3 Å². The molecule has 3 aromatic rings. The van der Waals surface area contributed by atoms with Gasteiger partial charge in [-0.2, -0.15) is 0 Å². The van der Waals surface area contributed by atoms with Crippen molar-refractivity contribution in [2.45, 2.75) is 20.4 Å². The van der Waals surface area contributed by atoms with Crippen LogP contribution in [0, 0.1) is 13.8 Å². The standard InChI is InChI=1S/C24H25ClN2O3/c1-16-8-10-20(17(2)12-16)27-24(28)15-30-22-11-9-18(13-23(22)29-3)14-26-21-7-5-4-6-19(21)25/h4-13,26H,14-15H2,1-3H3,(H,27,28). The quantitative estimate of drug-likeness (QED) is 0.494. The first-order valence-corrected chi connectivity index (χ1v) is 9.99. The molecule has 0 aliphatic carbocycles.